The lowest BCUT2D eigenvalue weighted by atomic mass is 10.1. The van der Waals surface area contributed by atoms with Gasteiger partial charge in [-0.25, -0.2) is 9.78 Å². The van der Waals surface area contributed by atoms with Gasteiger partial charge in [0.15, 0.2) is 0 Å². The van der Waals surface area contributed by atoms with Gasteiger partial charge in [0.05, 0.1) is 4.92 Å². The number of likely N-dealkylation sites (tertiary alicyclic amines) is 1. The number of amides is 1. The molecule has 1 saturated heterocycles. The molecular weight excluding hydrogens is 300 g/mol. The van der Waals surface area contributed by atoms with E-state index < -0.39 is 10.5 Å². The van der Waals surface area contributed by atoms with Crippen LogP contribution in [0.25, 0.3) is 0 Å². The molecule has 8 heteroatoms. The third kappa shape index (κ3) is 5.08. The van der Waals surface area contributed by atoms with Crippen LogP contribution in [0.1, 0.15) is 27.2 Å². The summed E-state index contributed by atoms with van der Waals surface area (Å²) >= 11 is 0. The number of carbonyl (C=O) groups excluding carboxylic acids is 1. The molecule has 0 radical (unpaired) electrons. The minimum absolute atomic E-state index is 0.0347. The summed E-state index contributed by atoms with van der Waals surface area (Å²) in [7, 11) is 0. The number of hydrogen-bond donors (Lipinski definition) is 1. The van der Waals surface area contributed by atoms with Crippen molar-refractivity contribution in [2.45, 2.75) is 32.8 Å². The Kier molecular flexibility index (Phi) is 5.02. The topological polar surface area (TPSA) is 97.6 Å². The van der Waals surface area contributed by atoms with Crippen molar-refractivity contribution in [3.63, 3.8) is 0 Å². The molecule has 1 aliphatic rings. The zero-order valence-electron chi connectivity index (χ0n) is 13.6. The first-order valence-corrected chi connectivity index (χ1v) is 7.57. The van der Waals surface area contributed by atoms with E-state index >= 15 is 0 Å². The molecule has 23 heavy (non-hydrogen) atoms. The molecule has 126 valence electrons. The summed E-state index contributed by atoms with van der Waals surface area (Å²) in [5.41, 5.74) is -0.525. The number of ether oxygens (including phenoxy) is 1. The van der Waals surface area contributed by atoms with Crippen molar-refractivity contribution in [2.75, 3.05) is 25.0 Å². The lowest BCUT2D eigenvalue weighted by Crippen LogP contribution is -2.35. The van der Waals surface area contributed by atoms with Crippen LogP contribution in [0.4, 0.5) is 16.3 Å². The predicted octanol–water partition coefficient (Wildman–Crippen LogP) is 2.66. The Morgan fingerprint density at radius 1 is 1.52 bits per heavy atom. The Labute approximate surface area is 135 Å². The molecule has 1 amide bonds. The smallest absolute Gasteiger partial charge is 0.410 e. The average Bonchev–Trinajstić information content (AvgIpc) is 2.93. The van der Waals surface area contributed by atoms with Gasteiger partial charge in [-0.3, -0.25) is 10.1 Å². The lowest BCUT2D eigenvalue weighted by Gasteiger charge is -2.24. The zero-order chi connectivity index (χ0) is 17.0. The molecule has 0 aromatic carbocycles. The molecule has 8 nitrogen and oxygen atoms in total. The summed E-state index contributed by atoms with van der Waals surface area (Å²) in [5.74, 6) is 0.894. The molecule has 1 aliphatic heterocycles. The largest absolute Gasteiger partial charge is 0.444 e. The normalized spacial score (nSPS) is 17.9. The molecule has 1 N–H and O–H groups in total. The monoisotopic (exact) mass is 322 g/mol. The van der Waals surface area contributed by atoms with Crippen LogP contribution < -0.4 is 5.32 Å². The average molecular weight is 322 g/mol. The van der Waals surface area contributed by atoms with Crippen LogP contribution in [-0.2, 0) is 4.74 Å². The second-order valence-corrected chi connectivity index (χ2v) is 6.62. The highest BCUT2D eigenvalue weighted by Gasteiger charge is 2.29. The fourth-order valence-corrected chi connectivity index (χ4v) is 2.34. The number of anilines is 1. The Balaban J connectivity index is 1.79. The van der Waals surface area contributed by atoms with E-state index in [0.717, 1.165) is 6.42 Å². The van der Waals surface area contributed by atoms with E-state index in [1.54, 1.807) is 11.0 Å². The number of pyridine rings is 1. The van der Waals surface area contributed by atoms with Crippen molar-refractivity contribution in [1.29, 1.82) is 0 Å². The summed E-state index contributed by atoms with van der Waals surface area (Å²) < 4.78 is 5.36. The van der Waals surface area contributed by atoms with Crippen molar-refractivity contribution in [3.8, 4) is 0 Å². The molecule has 2 heterocycles. The maximum absolute atomic E-state index is 12.0. The van der Waals surface area contributed by atoms with Crippen molar-refractivity contribution in [1.82, 2.24) is 9.88 Å². The second kappa shape index (κ2) is 6.80. The molecule has 0 unspecified atom stereocenters. The summed E-state index contributed by atoms with van der Waals surface area (Å²) in [6.07, 6.45) is 1.83. The summed E-state index contributed by atoms with van der Waals surface area (Å²) in [4.78, 5) is 27.8. The number of nitrogens with zero attached hydrogens (tertiary/aromatic N) is 3. The van der Waals surface area contributed by atoms with Crippen LogP contribution in [0.15, 0.2) is 18.3 Å². The number of carbonyl (C=O) groups is 1. The van der Waals surface area contributed by atoms with Crippen molar-refractivity contribution < 1.29 is 14.5 Å². The maximum Gasteiger partial charge on any atom is 0.410 e. The summed E-state index contributed by atoms with van der Waals surface area (Å²) in [6.45, 7) is 7.51. The molecular formula is C15H22N4O4. The summed E-state index contributed by atoms with van der Waals surface area (Å²) in [6, 6.07) is 3.00. The van der Waals surface area contributed by atoms with Gasteiger partial charge in [-0.1, -0.05) is 0 Å². The molecule has 0 bridgehead atoms. The van der Waals surface area contributed by atoms with Crippen LogP contribution in [0.5, 0.6) is 0 Å². The van der Waals surface area contributed by atoms with Gasteiger partial charge in [-0.05, 0) is 39.2 Å². The van der Waals surface area contributed by atoms with Crippen molar-refractivity contribution in [2.24, 2.45) is 5.92 Å². The Morgan fingerprint density at radius 3 is 2.83 bits per heavy atom. The minimum Gasteiger partial charge on any atom is -0.444 e. The van der Waals surface area contributed by atoms with Crippen LogP contribution in [0.2, 0.25) is 0 Å². The van der Waals surface area contributed by atoms with Crippen LogP contribution in [0.3, 0.4) is 0 Å². The van der Waals surface area contributed by atoms with Crippen LogP contribution in [-0.4, -0.2) is 46.1 Å². The minimum atomic E-state index is -0.490. The molecule has 1 atom stereocenters. The highest BCUT2D eigenvalue weighted by molar-refractivity contribution is 5.68. The first-order valence-electron chi connectivity index (χ1n) is 7.57. The standard InChI is InChI=1S/C15H22N4O4/c1-15(2,3)23-14(20)18-7-6-11(10-18)8-16-13-5-4-12(9-17-13)19(21)22/h4-5,9,11H,6-8,10H2,1-3H3,(H,16,17)/t11-/m0/s1. The van der Waals surface area contributed by atoms with Gasteiger partial charge in [-0.15, -0.1) is 0 Å². The maximum atomic E-state index is 12.0. The Morgan fingerprint density at radius 2 is 2.26 bits per heavy atom. The molecule has 0 spiro atoms. The fourth-order valence-electron chi connectivity index (χ4n) is 2.34. The van der Waals surface area contributed by atoms with E-state index in [-0.39, 0.29) is 11.8 Å². The highest BCUT2D eigenvalue weighted by Crippen LogP contribution is 2.20. The quantitative estimate of drug-likeness (QED) is 0.676. The van der Waals surface area contributed by atoms with Gasteiger partial charge >= 0.3 is 6.09 Å². The van der Waals surface area contributed by atoms with Gasteiger partial charge in [0, 0.05) is 25.7 Å². The fraction of sp³-hybridized carbons (Fsp3) is 0.600. The number of hydrogen-bond acceptors (Lipinski definition) is 6. The number of rotatable bonds is 4. The molecule has 1 aromatic rings. The van der Waals surface area contributed by atoms with Gasteiger partial charge < -0.3 is 15.0 Å². The third-order valence-corrected chi connectivity index (χ3v) is 3.47. The van der Waals surface area contributed by atoms with Gasteiger partial charge in [0.1, 0.15) is 17.6 Å². The van der Waals surface area contributed by atoms with E-state index in [2.05, 4.69) is 10.3 Å². The Hall–Kier alpha value is -2.38. The van der Waals surface area contributed by atoms with Crippen LogP contribution >= 0.6 is 0 Å². The van der Waals surface area contributed by atoms with Gasteiger partial charge in [0.25, 0.3) is 5.69 Å². The first kappa shape index (κ1) is 17.0. The zero-order valence-corrected chi connectivity index (χ0v) is 13.6. The highest BCUT2D eigenvalue weighted by atomic mass is 16.6. The lowest BCUT2D eigenvalue weighted by molar-refractivity contribution is -0.385. The number of nitro groups is 1. The molecule has 1 fully saturated rings. The van der Waals surface area contributed by atoms with E-state index in [4.69, 9.17) is 4.74 Å². The van der Waals surface area contributed by atoms with Crippen molar-refractivity contribution >= 4 is 17.6 Å². The summed E-state index contributed by atoms with van der Waals surface area (Å²) in [5, 5.41) is 13.7. The van der Waals surface area contributed by atoms with E-state index in [1.165, 1.54) is 12.3 Å². The van der Waals surface area contributed by atoms with Gasteiger partial charge in [-0.2, -0.15) is 0 Å². The van der Waals surface area contributed by atoms with E-state index in [9.17, 15) is 14.9 Å². The first-order chi connectivity index (χ1) is 10.7. The molecule has 0 saturated carbocycles. The molecule has 1 aromatic heterocycles. The molecule has 2 rings (SSSR count). The number of nitrogens with one attached hydrogen (secondary N) is 1. The second-order valence-electron chi connectivity index (χ2n) is 6.62. The van der Waals surface area contributed by atoms with E-state index in [1.807, 2.05) is 20.8 Å². The molecule has 0 aliphatic carbocycles. The number of aromatic nitrogens is 1. The predicted molar refractivity (Wildman–Crippen MR) is 85.3 cm³/mol. The van der Waals surface area contributed by atoms with Crippen LogP contribution in [0, 0.1) is 16.0 Å². The Bertz CT molecular complexity index is 568. The third-order valence-electron chi connectivity index (χ3n) is 3.47. The SMILES string of the molecule is CC(C)(C)OC(=O)N1CC[C@@H](CNc2ccc([N+](=O)[O-])cn2)C1. The van der Waals surface area contributed by atoms with Crippen molar-refractivity contribution in [3.05, 3.63) is 28.4 Å². The van der Waals surface area contributed by atoms with Gasteiger partial charge in [0.2, 0.25) is 0 Å². The van der Waals surface area contributed by atoms with E-state index in [0.29, 0.717) is 31.4 Å².